The Morgan fingerprint density at radius 3 is 1.44 bits per heavy atom. The Morgan fingerprint density at radius 1 is 0.812 bits per heavy atom. The molecule has 0 N–H and O–H groups in total. The smallest absolute Gasteiger partial charge is 0.0673 e. The van der Waals surface area contributed by atoms with Crippen LogP contribution in [0.1, 0.15) is 48.5 Å². The number of hydrogen-bond donors (Lipinski definition) is 0. The Hall–Kier alpha value is 0.650. The first-order chi connectivity index (χ1) is 7.12. The molecule has 0 saturated heterocycles. The van der Waals surface area contributed by atoms with Crippen LogP contribution in [0.25, 0.3) is 0 Å². The molecule has 0 heterocycles. The molecule has 0 aliphatic heterocycles. The van der Waals surface area contributed by atoms with Crippen molar-refractivity contribution in [1.29, 1.82) is 0 Å². The van der Waals surface area contributed by atoms with E-state index in [0.717, 1.165) is 26.2 Å². The summed E-state index contributed by atoms with van der Waals surface area (Å²) < 4.78 is 0.254. The molecule has 0 aliphatic carbocycles. The molecular weight excluding hydrogens is 311 g/mol. The fourth-order valence-corrected chi connectivity index (χ4v) is 2.59. The molecule has 2 nitrogen and oxygen atoms in total. The third-order valence-corrected chi connectivity index (χ3v) is 3.79. The third kappa shape index (κ3) is 5.82. The topological polar surface area (TPSA) is 6.48 Å². The van der Waals surface area contributed by atoms with Crippen LogP contribution >= 0.6 is 22.6 Å². The lowest BCUT2D eigenvalue weighted by Gasteiger charge is -2.39. The van der Waals surface area contributed by atoms with Gasteiger partial charge >= 0.3 is 0 Å². The van der Waals surface area contributed by atoms with Gasteiger partial charge < -0.3 is 0 Å². The van der Waals surface area contributed by atoms with Crippen LogP contribution in [0.15, 0.2) is 0 Å². The molecule has 0 aromatic carbocycles. The van der Waals surface area contributed by atoms with Crippen molar-refractivity contribution in [1.82, 2.24) is 9.80 Å². The third-order valence-electron chi connectivity index (χ3n) is 3.10. The summed E-state index contributed by atoms with van der Waals surface area (Å²) in [6, 6.07) is 0. The van der Waals surface area contributed by atoms with E-state index < -0.39 is 0 Å². The number of alkyl halides is 1. The van der Waals surface area contributed by atoms with Gasteiger partial charge in [0.2, 0.25) is 0 Å². The summed E-state index contributed by atoms with van der Waals surface area (Å²) in [5, 5.41) is 0. The van der Waals surface area contributed by atoms with Crippen molar-refractivity contribution in [2.75, 3.05) is 26.2 Å². The van der Waals surface area contributed by atoms with Gasteiger partial charge in [-0.3, -0.25) is 9.80 Å². The van der Waals surface area contributed by atoms with E-state index in [1.165, 1.54) is 0 Å². The summed E-state index contributed by atoms with van der Waals surface area (Å²) in [7, 11) is 0. The first-order valence-electron chi connectivity index (χ1n) is 6.32. The van der Waals surface area contributed by atoms with E-state index in [2.05, 4.69) is 80.9 Å². The van der Waals surface area contributed by atoms with Crippen molar-refractivity contribution in [3.05, 3.63) is 0 Å². The van der Waals surface area contributed by atoms with Crippen molar-refractivity contribution < 1.29 is 0 Å². The Labute approximate surface area is 116 Å². The fourth-order valence-electron chi connectivity index (χ4n) is 2.01. The van der Waals surface area contributed by atoms with Crippen molar-refractivity contribution in [3.8, 4) is 0 Å². The first-order valence-corrected chi connectivity index (χ1v) is 7.39. The molecule has 0 aromatic rings. The van der Waals surface area contributed by atoms with Gasteiger partial charge in [0.15, 0.2) is 0 Å². The largest absolute Gasteiger partial charge is 0.297 e. The van der Waals surface area contributed by atoms with Gasteiger partial charge in [0, 0.05) is 18.6 Å². The Bertz CT molecular complexity index is 169. The number of halogens is 1. The SMILES string of the molecule is CCN(CCN(CC)C(C)(C)I)C(C)(C)C. The molecule has 0 amide bonds. The molecule has 0 rings (SSSR count). The molecule has 98 valence electrons. The van der Waals surface area contributed by atoms with Crippen LogP contribution in [0.2, 0.25) is 0 Å². The maximum atomic E-state index is 2.54. The van der Waals surface area contributed by atoms with Gasteiger partial charge in [-0.05, 0) is 47.7 Å². The molecule has 0 bridgehead atoms. The van der Waals surface area contributed by atoms with Gasteiger partial charge in [-0.25, -0.2) is 0 Å². The molecular formula is C13H29IN2. The van der Waals surface area contributed by atoms with Crippen LogP contribution < -0.4 is 0 Å². The standard InChI is InChI=1S/C13H29IN2/c1-8-15(12(3,4)5)10-11-16(9-2)13(6,7)14/h8-11H2,1-7H3. The quantitative estimate of drug-likeness (QED) is 0.414. The number of nitrogens with zero attached hydrogens (tertiary/aromatic N) is 2. The van der Waals surface area contributed by atoms with Gasteiger partial charge in [-0.2, -0.15) is 0 Å². The lowest BCUT2D eigenvalue weighted by Crippen LogP contribution is -2.48. The minimum Gasteiger partial charge on any atom is -0.297 e. The molecule has 0 radical (unpaired) electrons. The zero-order valence-corrected chi connectivity index (χ0v) is 14.3. The summed E-state index contributed by atoms with van der Waals surface area (Å²) in [6.07, 6.45) is 0. The van der Waals surface area contributed by atoms with E-state index in [9.17, 15) is 0 Å². The second-order valence-corrected chi connectivity index (χ2v) is 8.38. The monoisotopic (exact) mass is 340 g/mol. The molecule has 0 atom stereocenters. The Balaban J connectivity index is 4.30. The average Bonchev–Trinajstić information content (AvgIpc) is 2.08. The van der Waals surface area contributed by atoms with Crippen molar-refractivity contribution >= 4 is 22.6 Å². The Kier molecular flexibility index (Phi) is 6.81. The van der Waals surface area contributed by atoms with E-state index in [-0.39, 0.29) is 9.08 Å². The van der Waals surface area contributed by atoms with E-state index in [1.54, 1.807) is 0 Å². The van der Waals surface area contributed by atoms with E-state index >= 15 is 0 Å². The first kappa shape index (κ1) is 16.6. The van der Waals surface area contributed by atoms with Crippen LogP contribution in [0.4, 0.5) is 0 Å². The highest BCUT2D eigenvalue weighted by Gasteiger charge is 2.24. The van der Waals surface area contributed by atoms with Gasteiger partial charge in [-0.15, -0.1) is 0 Å². The number of hydrogen-bond acceptors (Lipinski definition) is 2. The minimum absolute atomic E-state index is 0.254. The molecule has 0 aliphatic rings. The number of likely N-dealkylation sites (N-methyl/N-ethyl adjacent to an activating group) is 2. The highest BCUT2D eigenvalue weighted by atomic mass is 127. The van der Waals surface area contributed by atoms with E-state index in [4.69, 9.17) is 0 Å². The van der Waals surface area contributed by atoms with Crippen LogP contribution in [0.3, 0.4) is 0 Å². The van der Waals surface area contributed by atoms with Crippen molar-refractivity contribution in [3.63, 3.8) is 0 Å². The van der Waals surface area contributed by atoms with E-state index in [0.29, 0.717) is 0 Å². The van der Waals surface area contributed by atoms with Crippen LogP contribution in [-0.4, -0.2) is 45.1 Å². The maximum Gasteiger partial charge on any atom is 0.0673 e. The van der Waals surface area contributed by atoms with Crippen LogP contribution in [0.5, 0.6) is 0 Å². The molecule has 0 fully saturated rings. The number of rotatable bonds is 6. The Morgan fingerprint density at radius 2 is 1.19 bits per heavy atom. The summed E-state index contributed by atoms with van der Waals surface area (Å²) in [4.78, 5) is 5.07. The zero-order chi connectivity index (χ0) is 13.0. The van der Waals surface area contributed by atoms with Gasteiger partial charge in [-0.1, -0.05) is 36.4 Å². The van der Waals surface area contributed by atoms with Crippen LogP contribution in [0, 0.1) is 0 Å². The van der Waals surface area contributed by atoms with Crippen LogP contribution in [-0.2, 0) is 0 Å². The maximum absolute atomic E-state index is 2.54. The average molecular weight is 340 g/mol. The summed E-state index contributed by atoms with van der Waals surface area (Å²) >= 11 is 2.53. The second-order valence-electron chi connectivity index (χ2n) is 5.74. The zero-order valence-electron chi connectivity index (χ0n) is 12.1. The van der Waals surface area contributed by atoms with Gasteiger partial charge in [0.05, 0.1) is 3.55 Å². The predicted octanol–water partition coefficient (Wildman–Crippen LogP) is 3.60. The van der Waals surface area contributed by atoms with E-state index in [1.807, 2.05) is 0 Å². The minimum atomic E-state index is 0.254. The summed E-state index contributed by atoms with van der Waals surface area (Å²) in [6.45, 7) is 20.5. The highest BCUT2D eigenvalue weighted by Crippen LogP contribution is 2.22. The lowest BCUT2D eigenvalue weighted by molar-refractivity contribution is 0.110. The molecule has 0 unspecified atom stereocenters. The normalized spacial score (nSPS) is 13.9. The summed E-state index contributed by atoms with van der Waals surface area (Å²) in [5.74, 6) is 0. The fraction of sp³-hybridized carbons (Fsp3) is 1.00. The predicted molar refractivity (Wildman–Crippen MR) is 82.3 cm³/mol. The van der Waals surface area contributed by atoms with Crippen molar-refractivity contribution in [2.24, 2.45) is 0 Å². The second kappa shape index (κ2) is 6.55. The molecule has 0 aromatic heterocycles. The molecule has 0 saturated carbocycles. The molecule has 16 heavy (non-hydrogen) atoms. The highest BCUT2D eigenvalue weighted by molar-refractivity contribution is 14.1. The summed E-state index contributed by atoms with van der Waals surface area (Å²) in [5.41, 5.74) is 0.281. The van der Waals surface area contributed by atoms with Crippen molar-refractivity contribution in [2.45, 2.75) is 57.6 Å². The lowest BCUT2D eigenvalue weighted by atomic mass is 10.1. The van der Waals surface area contributed by atoms with Gasteiger partial charge in [0.25, 0.3) is 0 Å². The molecule has 3 heteroatoms. The molecule has 0 spiro atoms. The van der Waals surface area contributed by atoms with Gasteiger partial charge in [0.1, 0.15) is 0 Å².